The minimum Gasteiger partial charge on any atom is -0.496 e. The molecule has 1 N–H and O–H groups in total. The Balaban J connectivity index is 1.43. The second-order valence-corrected chi connectivity index (χ2v) is 9.20. The Morgan fingerprint density at radius 3 is 2.70 bits per heavy atom. The molecule has 2 unspecified atom stereocenters. The molecule has 0 radical (unpaired) electrons. The Labute approximate surface area is 195 Å². The van der Waals surface area contributed by atoms with Crippen molar-refractivity contribution in [2.24, 2.45) is 5.10 Å². The molecule has 1 fully saturated rings. The van der Waals surface area contributed by atoms with Crippen molar-refractivity contribution >= 4 is 29.5 Å². The maximum Gasteiger partial charge on any atom is 0.336 e. The van der Waals surface area contributed by atoms with Crippen molar-refractivity contribution < 1.29 is 14.3 Å². The summed E-state index contributed by atoms with van der Waals surface area (Å²) >= 11 is 1.33. The van der Waals surface area contributed by atoms with E-state index in [2.05, 4.69) is 23.5 Å². The first kappa shape index (κ1) is 19.9. The van der Waals surface area contributed by atoms with Crippen LogP contribution < -0.4 is 14.8 Å². The molecule has 33 heavy (non-hydrogen) atoms. The number of hydrazone groups is 1. The largest absolute Gasteiger partial charge is 0.496 e. The van der Waals surface area contributed by atoms with Gasteiger partial charge < -0.3 is 9.47 Å². The third-order valence-corrected chi connectivity index (χ3v) is 7.19. The summed E-state index contributed by atoms with van der Waals surface area (Å²) in [6, 6.07) is 25.7. The van der Waals surface area contributed by atoms with Crippen LogP contribution in [-0.4, -0.2) is 28.9 Å². The number of fused-ring (bicyclic) bond motifs is 4. The third-order valence-electron chi connectivity index (χ3n) is 6.01. The molecule has 3 aliphatic heterocycles. The van der Waals surface area contributed by atoms with Gasteiger partial charge in [-0.05, 0) is 35.5 Å². The Morgan fingerprint density at radius 2 is 1.85 bits per heavy atom. The molecule has 3 aromatic carbocycles. The zero-order chi connectivity index (χ0) is 22.4. The molecule has 6 nitrogen and oxygen atoms in total. The van der Waals surface area contributed by atoms with Gasteiger partial charge in [0.25, 0.3) is 5.91 Å². The second-order valence-electron chi connectivity index (χ2n) is 8.01. The fourth-order valence-corrected chi connectivity index (χ4v) is 5.64. The number of thioether (sulfide) groups is 1. The van der Waals surface area contributed by atoms with Gasteiger partial charge >= 0.3 is 5.18 Å². The lowest BCUT2D eigenvalue weighted by atomic mass is 9.97. The van der Waals surface area contributed by atoms with Crippen molar-refractivity contribution in [3.05, 3.63) is 100 Å². The number of nitrogens with one attached hydrogen (secondary N) is 1. The van der Waals surface area contributed by atoms with Gasteiger partial charge in [0.2, 0.25) is 0 Å². The maximum absolute atomic E-state index is 13.1. The first-order valence-electron chi connectivity index (χ1n) is 10.7. The zero-order valence-corrected chi connectivity index (χ0v) is 18.7. The summed E-state index contributed by atoms with van der Waals surface area (Å²) in [4.78, 5) is 13.7. The van der Waals surface area contributed by atoms with Gasteiger partial charge in [0.05, 0.1) is 23.8 Å². The predicted molar refractivity (Wildman–Crippen MR) is 129 cm³/mol. The zero-order valence-electron chi connectivity index (χ0n) is 17.9. The molecular formula is C26H21N3O3S. The molecule has 0 aliphatic carbocycles. The normalized spacial score (nSPS) is 24.2. The van der Waals surface area contributed by atoms with E-state index in [9.17, 15) is 4.79 Å². The molecule has 1 saturated heterocycles. The minimum atomic E-state index is -1.15. The highest BCUT2D eigenvalue weighted by molar-refractivity contribution is 8.05. The van der Waals surface area contributed by atoms with Crippen LogP contribution in [0, 0.1) is 0 Å². The summed E-state index contributed by atoms with van der Waals surface area (Å²) in [6.07, 6.45) is 2.57. The molecule has 7 heteroatoms. The number of methoxy groups -OCH3 is 1. The number of para-hydroxylation sites is 2. The molecule has 3 aliphatic rings. The average molecular weight is 456 g/mol. The number of benzene rings is 3. The third kappa shape index (κ3) is 3.27. The van der Waals surface area contributed by atoms with Crippen molar-refractivity contribution in [3.63, 3.8) is 0 Å². The van der Waals surface area contributed by atoms with E-state index >= 15 is 0 Å². The van der Waals surface area contributed by atoms with E-state index in [1.165, 1.54) is 11.8 Å². The van der Waals surface area contributed by atoms with Crippen LogP contribution in [0.25, 0.3) is 6.08 Å². The van der Waals surface area contributed by atoms with E-state index in [4.69, 9.17) is 14.6 Å². The molecule has 2 atom stereocenters. The van der Waals surface area contributed by atoms with Crippen molar-refractivity contribution in [2.45, 2.75) is 17.6 Å². The van der Waals surface area contributed by atoms with Crippen LogP contribution in [0.3, 0.4) is 0 Å². The van der Waals surface area contributed by atoms with Crippen LogP contribution in [0.4, 0.5) is 0 Å². The summed E-state index contributed by atoms with van der Waals surface area (Å²) in [5.41, 5.74) is 3.93. The summed E-state index contributed by atoms with van der Waals surface area (Å²) in [6.45, 7) is 0. The van der Waals surface area contributed by atoms with Crippen LogP contribution in [-0.2, 0) is 4.79 Å². The summed E-state index contributed by atoms with van der Waals surface area (Å²) in [5, 5.41) is 8.79. The topological polar surface area (TPSA) is 63.2 Å². The van der Waals surface area contributed by atoms with Gasteiger partial charge in [-0.3, -0.25) is 10.1 Å². The summed E-state index contributed by atoms with van der Waals surface area (Å²) < 4.78 is 11.9. The van der Waals surface area contributed by atoms with E-state index in [-0.39, 0.29) is 11.9 Å². The maximum atomic E-state index is 13.1. The number of hydrogen-bond acceptors (Lipinski definition) is 6. The van der Waals surface area contributed by atoms with E-state index in [0.717, 1.165) is 34.6 Å². The number of carbonyl (C=O) groups is 1. The van der Waals surface area contributed by atoms with Gasteiger partial charge in [0, 0.05) is 17.5 Å². The second kappa shape index (κ2) is 7.71. The van der Waals surface area contributed by atoms with Gasteiger partial charge in [0.15, 0.2) is 0 Å². The van der Waals surface area contributed by atoms with Gasteiger partial charge in [-0.25, -0.2) is 5.01 Å². The molecule has 164 valence electrons. The van der Waals surface area contributed by atoms with Gasteiger partial charge in [-0.1, -0.05) is 66.7 Å². The fourth-order valence-electron chi connectivity index (χ4n) is 4.47. The lowest BCUT2D eigenvalue weighted by molar-refractivity contribution is -0.127. The SMILES string of the molecule is COc1ccccc1/C=C1\SC2(NC1=O)Oc1ccccc1C1CC(c3ccccc3)=NN12. The van der Waals surface area contributed by atoms with E-state index in [1.54, 1.807) is 7.11 Å². The number of carbonyl (C=O) groups excluding carboxylic acids is 1. The quantitative estimate of drug-likeness (QED) is 0.578. The Kier molecular flexibility index (Phi) is 4.66. The molecule has 0 saturated carbocycles. The average Bonchev–Trinajstić information content (AvgIpc) is 3.43. The fraction of sp³-hybridized carbons (Fsp3) is 0.154. The number of amides is 1. The van der Waals surface area contributed by atoms with E-state index < -0.39 is 5.18 Å². The van der Waals surface area contributed by atoms with Gasteiger partial charge in [0.1, 0.15) is 11.5 Å². The summed E-state index contributed by atoms with van der Waals surface area (Å²) in [7, 11) is 1.62. The Hall–Kier alpha value is -3.71. The standard InChI is InChI=1S/C26H21N3O3S/c1-31-22-13-7-5-11-18(22)15-24-25(30)27-26(33-24)29-21(19-12-6-8-14-23(19)32-26)16-20(28-29)17-9-3-2-4-10-17/h2-15,21H,16H2,1H3,(H,27,30)/b24-15-. The first-order valence-corrected chi connectivity index (χ1v) is 11.5. The van der Waals surface area contributed by atoms with Crippen molar-refractivity contribution in [1.82, 2.24) is 10.3 Å². The Morgan fingerprint density at radius 1 is 1.09 bits per heavy atom. The van der Waals surface area contributed by atoms with E-state index in [0.29, 0.717) is 10.7 Å². The molecule has 1 amide bonds. The first-order chi connectivity index (χ1) is 16.2. The van der Waals surface area contributed by atoms with Crippen LogP contribution in [0.5, 0.6) is 11.5 Å². The lowest BCUT2D eigenvalue weighted by Crippen LogP contribution is -2.58. The number of hydrogen-bond donors (Lipinski definition) is 1. The molecule has 6 rings (SSSR count). The highest BCUT2D eigenvalue weighted by atomic mass is 32.2. The van der Waals surface area contributed by atoms with Crippen LogP contribution in [0.2, 0.25) is 0 Å². The number of rotatable bonds is 3. The number of nitrogens with zero attached hydrogens (tertiary/aromatic N) is 2. The van der Waals surface area contributed by atoms with Crippen molar-refractivity contribution in [3.8, 4) is 11.5 Å². The number of ether oxygens (including phenoxy) is 2. The Bertz CT molecular complexity index is 1310. The van der Waals surface area contributed by atoms with Gasteiger partial charge in [-0.2, -0.15) is 5.10 Å². The van der Waals surface area contributed by atoms with Crippen LogP contribution >= 0.6 is 11.8 Å². The highest BCUT2D eigenvalue weighted by Gasteiger charge is 2.57. The minimum absolute atomic E-state index is 0.0384. The van der Waals surface area contributed by atoms with Crippen molar-refractivity contribution in [2.75, 3.05) is 7.11 Å². The van der Waals surface area contributed by atoms with Gasteiger partial charge in [-0.15, -0.1) is 0 Å². The van der Waals surface area contributed by atoms with Crippen LogP contribution in [0.1, 0.15) is 29.2 Å². The lowest BCUT2D eigenvalue weighted by Gasteiger charge is -2.43. The molecule has 0 bridgehead atoms. The van der Waals surface area contributed by atoms with Crippen molar-refractivity contribution in [1.29, 1.82) is 0 Å². The predicted octanol–water partition coefficient (Wildman–Crippen LogP) is 4.75. The smallest absolute Gasteiger partial charge is 0.336 e. The highest BCUT2D eigenvalue weighted by Crippen LogP contribution is 2.53. The molecule has 3 aromatic rings. The monoisotopic (exact) mass is 455 g/mol. The molecule has 3 heterocycles. The molecular weight excluding hydrogens is 434 g/mol. The van der Waals surface area contributed by atoms with Crippen LogP contribution in [0.15, 0.2) is 88.9 Å². The summed E-state index contributed by atoms with van der Waals surface area (Å²) in [5.74, 6) is 1.26. The molecule has 1 spiro atoms. The molecule has 0 aromatic heterocycles. The van der Waals surface area contributed by atoms with E-state index in [1.807, 2.05) is 71.7 Å².